The monoisotopic (exact) mass is 519 g/mol. The van der Waals surface area contributed by atoms with Crippen LogP contribution >= 0.6 is 0 Å². The molecule has 7 unspecified atom stereocenters. The normalized spacial score (nSPS) is 32.2. The van der Waals surface area contributed by atoms with E-state index in [0.29, 0.717) is 10.8 Å². The zero-order valence-electron chi connectivity index (χ0n) is 28.2. The maximum atomic E-state index is 4.09. The molecule has 0 spiro atoms. The topological polar surface area (TPSA) is 0 Å². The predicted molar refractivity (Wildman–Crippen MR) is 177 cm³/mol. The van der Waals surface area contributed by atoms with Crippen LogP contribution in [0, 0.1) is 53.3 Å². The molecule has 0 bridgehead atoms. The van der Waals surface area contributed by atoms with Crippen molar-refractivity contribution >= 4 is 0 Å². The average Bonchev–Trinajstić information content (AvgIpc) is 3.32. The first kappa shape index (κ1) is 43.1. The molecule has 7 atom stereocenters. The molecule has 0 saturated heterocycles. The summed E-state index contributed by atoms with van der Waals surface area (Å²) in [6.45, 7) is 36.2. The van der Waals surface area contributed by atoms with Gasteiger partial charge in [-0.25, -0.2) is 0 Å². The van der Waals surface area contributed by atoms with E-state index < -0.39 is 0 Å². The van der Waals surface area contributed by atoms with Gasteiger partial charge in [0.05, 0.1) is 0 Å². The maximum absolute atomic E-state index is 4.09. The smallest absolute Gasteiger partial charge is 0.0264 e. The maximum Gasteiger partial charge on any atom is -0.0264 e. The van der Waals surface area contributed by atoms with Crippen LogP contribution in [0.4, 0.5) is 0 Å². The van der Waals surface area contributed by atoms with E-state index >= 15 is 0 Å². The van der Waals surface area contributed by atoms with Crippen molar-refractivity contribution in [2.75, 3.05) is 0 Å². The molecule has 0 aromatic carbocycles. The van der Waals surface area contributed by atoms with Crippen LogP contribution in [0.2, 0.25) is 0 Å². The van der Waals surface area contributed by atoms with Crippen molar-refractivity contribution in [3.63, 3.8) is 0 Å². The Labute approximate surface area is 239 Å². The van der Waals surface area contributed by atoms with E-state index in [1.165, 1.54) is 70.6 Å². The van der Waals surface area contributed by atoms with Crippen LogP contribution in [0.15, 0.2) is 25.8 Å². The van der Waals surface area contributed by atoms with E-state index in [0.717, 1.165) is 29.6 Å². The zero-order valence-corrected chi connectivity index (χ0v) is 28.2. The van der Waals surface area contributed by atoms with Crippen LogP contribution < -0.4 is 0 Å². The minimum absolute atomic E-state index is 0.578. The molecule has 0 N–H and O–H groups in total. The number of terminal acetylenes is 1. The molecule has 3 fully saturated rings. The quantitative estimate of drug-likeness (QED) is 0.232. The molecular formula is C37H74. The average molecular weight is 519 g/mol. The molecule has 37 heavy (non-hydrogen) atoms. The third-order valence-corrected chi connectivity index (χ3v) is 9.41. The van der Waals surface area contributed by atoms with Gasteiger partial charge in [-0.3, -0.25) is 0 Å². The number of unbranched alkanes of at least 4 members (excludes halogenated alkanes) is 1. The summed E-state index contributed by atoms with van der Waals surface area (Å²) in [5.74, 6) is 4.99. The van der Waals surface area contributed by atoms with Gasteiger partial charge in [0.1, 0.15) is 0 Å². The van der Waals surface area contributed by atoms with E-state index in [4.69, 9.17) is 0 Å². The van der Waals surface area contributed by atoms with Gasteiger partial charge in [-0.1, -0.05) is 108 Å². The van der Waals surface area contributed by atoms with Crippen molar-refractivity contribution in [2.45, 2.75) is 160 Å². The number of hydrogen-bond donors (Lipinski definition) is 0. The Kier molecular flexibility index (Phi) is 31.0. The lowest BCUT2D eigenvalue weighted by Crippen LogP contribution is -2.51. The highest BCUT2D eigenvalue weighted by molar-refractivity contribution is 5.08. The Balaban J connectivity index is -0.000000400. The molecular weight excluding hydrogens is 444 g/mol. The molecule has 0 aromatic rings. The summed E-state index contributed by atoms with van der Waals surface area (Å²) >= 11 is 0. The fourth-order valence-corrected chi connectivity index (χ4v) is 8.08. The van der Waals surface area contributed by atoms with Gasteiger partial charge in [-0.05, 0) is 98.2 Å². The van der Waals surface area contributed by atoms with Crippen molar-refractivity contribution in [1.29, 1.82) is 0 Å². The molecule has 0 nitrogen and oxygen atoms in total. The fourth-order valence-electron chi connectivity index (χ4n) is 8.08. The van der Waals surface area contributed by atoms with Crippen molar-refractivity contribution in [1.82, 2.24) is 0 Å². The molecule has 3 rings (SSSR count). The van der Waals surface area contributed by atoms with Gasteiger partial charge in [0.15, 0.2) is 0 Å². The third-order valence-electron chi connectivity index (χ3n) is 9.41. The lowest BCUT2D eigenvalue weighted by Gasteiger charge is -2.59. The van der Waals surface area contributed by atoms with E-state index in [1.807, 2.05) is 55.4 Å². The van der Waals surface area contributed by atoms with Gasteiger partial charge in [0.25, 0.3) is 0 Å². The van der Waals surface area contributed by atoms with E-state index in [-0.39, 0.29) is 0 Å². The SMILES string of the molecule is C#C.C=C.C=CCC1CCC2C(CCC3(C)C(CCCC)CCC23)C1(C)CCC.CC.CC.CC.CC. The molecule has 0 aromatic heterocycles. The van der Waals surface area contributed by atoms with Gasteiger partial charge >= 0.3 is 0 Å². The Morgan fingerprint density at radius 2 is 1.24 bits per heavy atom. The molecule has 0 aliphatic heterocycles. The van der Waals surface area contributed by atoms with E-state index in [2.05, 4.69) is 66.4 Å². The molecule has 0 amide bonds. The predicted octanol–water partition coefficient (Wildman–Crippen LogP) is 13.2. The van der Waals surface area contributed by atoms with Gasteiger partial charge < -0.3 is 0 Å². The fraction of sp³-hybridized carbons (Fsp3) is 0.838. The largest absolute Gasteiger partial charge is 0.124 e. The summed E-state index contributed by atoms with van der Waals surface area (Å²) in [6, 6.07) is 0. The summed E-state index contributed by atoms with van der Waals surface area (Å²) in [7, 11) is 0. The second kappa shape index (κ2) is 26.6. The first-order chi connectivity index (χ1) is 18.0. The Bertz CT molecular complexity index is 501. The highest BCUT2D eigenvalue weighted by Crippen LogP contribution is 2.67. The second-order valence-electron chi connectivity index (χ2n) is 10.4. The van der Waals surface area contributed by atoms with Crippen LogP contribution in [0.3, 0.4) is 0 Å². The summed E-state index contributed by atoms with van der Waals surface area (Å²) in [5.41, 5.74) is 1.25. The molecule has 0 heterocycles. The van der Waals surface area contributed by atoms with Crippen LogP contribution in [-0.4, -0.2) is 0 Å². The molecule has 0 radical (unpaired) electrons. The number of allylic oxidation sites excluding steroid dienone is 1. The Morgan fingerprint density at radius 1 is 0.730 bits per heavy atom. The van der Waals surface area contributed by atoms with Crippen LogP contribution in [-0.2, 0) is 0 Å². The molecule has 3 aliphatic rings. The standard InChI is InChI=1S/C25H44.4C2H6.C2H4.C2H2/c1-6-9-11-20-13-15-22-21-14-12-19(10-7-2)24(4,17-8-3)23(21)16-18-25(20,22)5;6*1-2/h7,19-23H,2,6,8-18H2,1,3-5H3;4*1-2H3;1-2H2;1-2H. The summed E-state index contributed by atoms with van der Waals surface area (Å²) in [5, 5.41) is 0. The van der Waals surface area contributed by atoms with Crippen LogP contribution in [0.5, 0.6) is 0 Å². The van der Waals surface area contributed by atoms with Crippen molar-refractivity contribution < 1.29 is 0 Å². The third kappa shape index (κ3) is 11.4. The molecule has 3 aliphatic carbocycles. The summed E-state index contributed by atoms with van der Waals surface area (Å²) in [6.07, 6.45) is 27.7. The number of rotatable bonds is 7. The first-order valence-electron chi connectivity index (χ1n) is 16.5. The summed E-state index contributed by atoms with van der Waals surface area (Å²) < 4.78 is 0. The minimum atomic E-state index is 0.578. The first-order valence-corrected chi connectivity index (χ1v) is 16.5. The van der Waals surface area contributed by atoms with Crippen molar-refractivity contribution in [3.05, 3.63) is 25.8 Å². The van der Waals surface area contributed by atoms with Crippen molar-refractivity contribution in [3.8, 4) is 12.8 Å². The van der Waals surface area contributed by atoms with Crippen LogP contribution in [0.25, 0.3) is 0 Å². The summed E-state index contributed by atoms with van der Waals surface area (Å²) in [4.78, 5) is 0. The second-order valence-corrected chi connectivity index (χ2v) is 10.4. The number of fused-ring (bicyclic) bond motifs is 3. The lowest BCUT2D eigenvalue weighted by atomic mass is 9.46. The molecule has 222 valence electrons. The molecule has 0 heteroatoms. The van der Waals surface area contributed by atoms with Gasteiger partial charge in [-0.15, -0.1) is 32.6 Å². The van der Waals surface area contributed by atoms with Gasteiger partial charge in [0, 0.05) is 0 Å². The van der Waals surface area contributed by atoms with Crippen LogP contribution in [0.1, 0.15) is 160 Å². The Morgan fingerprint density at radius 3 is 1.70 bits per heavy atom. The van der Waals surface area contributed by atoms with E-state index in [9.17, 15) is 0 Å². The van der Waals surface area contributed by atoms with Gasteiger partial charge in [0.2, 0.25) is 0 Å². The van der Waals surface area contributed by atoms with Crippen molar-refractivity contribution in [2.24, 2.45) is 40.4 Å². The zero-order chi connectivity index (χ0) is 30.1. The highest BCUT2D eigenvalue weighted by atomic mass is 14.6. The van der Waals surface area contributed by atoms with Gasteiger partial charge in [-0.2, -0.15) is 0 Å². The highest BCUT2D eigenvalue weighted by Gasteiger charge is 2.58. The minimum Gasteiger partial charge on any atom is -0.124 e. The molecule has 3 saturated carbocycles. The number of hydrogen-bond acceptors (Lipinski definition) is 0. The Hall–Kier alpha value is -0.960. The lowest BCUT2D eigenvalue weighted by molar-refractivity contribution is -0.0994. The van der Waals surface area contributed by atoms with E-state index in [1.54, 1.807) is 6.42 Å².